The minimum Gasteiger partial charge on any atom is -0.456 e. The van der Waals surface area contributed by atoms with Crippen LogP contribution in [0.25, 0.3) is 77.5 Å². The lowest BCUT2D eigenvalue weighted by molar-refractivity contribution is 0.617. The standard InChI is InChI=1S/C47H30N2O2/c1-3-11-34(12-4-1)47-48-42-29-41-44(30-45(42)51-47)50-43-17-9-16-40(46(41)43)33-22-26-39(27-23-33)49(37-14-5-2-6-15-37)38-24-20-32(21-25-38)36-19-18-31-10-7-8-13-35(31)28-36/h1-30H. The van der Waals surface area contributed by atoms with Crippen LogP contribution in [0.3, 0.4) is 0 Å². The second-order valence-electron chi connectivity index (χ2n) is 12.8. The quantitative estimate of drug-likeness (QED) is 0.179. The van der Waals surface area contributed by atoms with E-state index in [9.17, 15) is 0 Å². The summed E-state index contributed by atoms with van der Waals surface area (Å²) >= 11 is 0. The number of rotatable bonds is 6. The molecule has 2 aromatic heterocycles. The van der Waals surface area contributed by atoms with Crippen LogP contribution in [0.4, 0.5) is 17.1 Å². The Morgan fingerprint density at radius 3 is 1.80 bits per heavy atom. The monoisotopic (exact) mass is 654 g/mol. The second-order valence-corrected chi connectivity index (χ2v) is 12.8. The largest absolute Gasteiger partial charge is 0.456 e. The molecule has 0 saturated carbocycles. The summed E-state index contributed by atoms with van der Waals surface area (Å²) in [5, 5.41) is 4.57. The van der Waals surface area contributed by atoms with Crippen LogP contribution in [0.1, 0.15) is 0 Å². The van der Waals surface area contributed by atoms with Crippen molar-refractivity contribution in [2.24, 2.45) is 0 Å². The van der Waals surface area contributed by atoms with Crippen LogP contribution < -0.4 is 4.90 Å². The van der Waals surface area contributed by atoms with E-state index < -0.39 is 0 Å². The first kappa shape index (κ1) is 29.0. The summed E-state index contributed by atoms with van der Waals surface area (Å²) in [4.78, 5) is 7.13. The average molecular weight is 655 g/mol. The highest BCUT2D eigenvalue weighted by Crippen LogP contribution is 2.41. The predicted octanol–water partition coefficient (Wildman–Crippen LogP) is 13.4. The third-order valence-electron chi connectivity index (χ3n) is 9.69. The summed E-state index contributed by atoms with van der Waals surface area (Å²) in [6.45, 7) is 0. The van der Waals surface area contributed by atoms with Crippen molar-refractivity contribution in [3.05, 3.63) is 182 Å². The van der Waals surface area contributed by atoms with Crippen LogP contribution in [0.5, 0.6) is 0 Å². The van der Waals surface area contributed by atoms with Crippen LogP contribution in [0, 0.1) is 0 Å². The first-order valence-electron chi connectivity index (χ1n) is 17.1. The van der Waals surface area contributed by atoms with Crippen LogP contribution in [-0.4, -0.2) is 4.98 Å². The number of hydrogen-bond acceptors (Lipinski definition) is 4. The highest BCUT2D eigenvalue weighted by Gasteiger charge is 2.18. The van der Waals surface area contributed by atoms with Crippen molar-refractivity contribution in [3.63, 3.8) is 0 Å². The van der Waals surface area contributed by atoms with E-state index in [1.165, 1.54) is 21.9 Å². The third kappa shape index (κ3) is 5.13. The fraction of sp³-hybridized carbons (Fsp3) is 0. The molecular formula is C47H30N2O2. The number of anilines is 3. The maximum Gasteiger partial charge on any atom is 0.227 e. The molecule has 0 aliphatic heterocycles. The smallest absolute Gasteiger partial charge is 0.227 e. The Morgan fingerprint density at radius 2 is 1.04 bits per heavy atom. The highest BCUT2D eigenvalue weighted by atomic mass is 16.4. The van der Waals surface area contributed by atoms with E-state index >= 15 is 0 Å². The van der Waals surface area contributed by atoms with Gasteiger partial charge in [-0.05, 0) is 99.8 Å². The van der Waals surface area contributed by atoms with E-state index in [-0.39, 0.29) is 0 Å². The number of furan rings is 1. The van der Waals surface area contributed by atoms with E-state index in [1.807, 2.05) is 42.5 Å². The maximum atomic E-state index is 6.38. The minimum absolute atomic E-state index is 0.602. The van der Waals surface area contributed by atoms with Crippen molar-refractivity contribution < 1.29 is 8.83 Å². The van der Waals surface area contributed by atoms with E-state index in [4.69, 9.17) is 13.8 Å². The number of fused-ring (bicyclic) bond motifs is 5. The molecule has 4 heteroatoms. The van der Waals surface area contributed by atoms with E-state index in [0.717, 1.165) is 61.2 Å². The summed E-state index contributed by atoms with van der Waals surface area (Å²) in [7, 11) is 0. The van der Waals surface area contributed by atoms with Crippen molar-refractivity contribution >= 4 is 60.9 Å². The predicted molar refractivity (Wildman–Crippen MR) is 210 cm³/mol. The molecular weight excluding hydrogens is 625 g/mol. The van der Waals surface area contributed by atoms with Gasteiger partial charge in [-0.15, -0.1) is 0 Å². The fourth-order valence-electron chi connectivity index (χ4n) is 7.18. The molecule has 0 bridgehead atoms. The molecule has 0 aliphatic rings. The summed E-state index contributed by atoms with van der Waals surface area (Å²) in [5.74, 6) is 0.602. The number of hydrogen-bond donors (Lipinski definition) is 0. The maximum absolute atomic E-state index is 6.38. The zero-order valence-electron chi connectivity index (χ0n) is 27.5. The summed E-state index contributed by atoms with van der Waals surface area (Å²) in [6.07, 6.45) is 0. The Morgan fingerprint density at radius 1 is 0.392 bits per heavy atom. The van der Waals surface area contributed by atoms with Crippen LogP contribution in [-0.2, 0) is 0 Å². The van der Waals surface area contributed by atoms with Crippen LogP contribution in [0.15, 0.2) is 191 Å². The molecule has 0 amide bonds. The molecule has 240 valence electrons. The molecule has 0 atom stereocenters. The van der Waals surface area contributed by atoms with Gasteiger partial charge in [-0.2, -0.15) is 0 Å². The van der Waals surface area contributed by atoms with Crippen molar-refractivity contribution in [1.29, 1.82) is 0 Å². The zero-order valence-corrected chi connectivity index (χ0v) is 27.5. The first-order chi connectivity index (χ1) is 25.2. The van der Waals surface area contributed by atoms with E-state index in [0.29, 0.717) is 11.5 Å². The minimum atomic E-state index is 0.602. The Hall–Kier alpha value is -6.91. The summed E-state index contributed by atoms with van der Waals surface area (Å²) in [5.41, 5.74) is 11.9. The van der Waals surface area contributed by atoms with Gasteiger partial charge in [0.05, 0.1) is 0 Å². The van der Waals surface area contributed by atoms with Crippen molar-refractivity contribution in [3.8, 4) is 33.7 Å². The SMILES string of the molecule is c1ccc(-c2nc3cc4c(cc3o2)oc2cccc(-c3ccc(N(c5ccccc5)c5ccc(-c6ccc7ccccc7c6)cc5)cc3)c24)cc1. The number of nitrogens with zero attached hydrogens (tertiary/aromatic N) is 2. The molecule has 10 aromatic rings. The molecule has 0 N–H and O–H groups in total. The highest BCUT2D eigenvalue weighted by molar-refractivity contribution is 6.15. The molecule has 0 spiro atoms. The van der Waals surface area contributed by atoms with Gasteiger partial charge in [-0.25, -0.2) is 4.98 Å². The average Bonchev–Trinajstić information content (AvgIpc) is 3.79. The van der Waals surface area contributed by atoms with Gasteiger partial charge in [0.2, 0.25) is 5.89 Å². The first-order valence-corrected chi connectivity index (χ1v) is 17.1. The number of aromatic nitrogens is 1. The molecule has 8 aromatic carbocycles. The Kier molecular flexibility index (Phi) is 6.78. The lowest BCUT2D eigenvalue weighted by atomic mass is 9.98. The van der Waals surface area contributed by atoms with Crippen molar-refractivity contribution in [1.82, 2.24) is 4.98 Å². The van der Waals surface area contributed by atoms with Gasteiger partial charge in [0, 0.05) is 39.5 Å². The Balaban J connectivity index is 1.02. The topological polar surface area (TPSA) is 42.4 Å². The zero-order chi connectivity index (χ0) is 33.7. The van der Waals surface area contributed by atoms with Gasteiger partial charge < -0.3 is 13.7 Å². The van der Waals surface area contributed by atoms with Gasteiger partial charge in [0.1, 0.15) is 16.7 Å². The normalized spacial score (nSPS) is 11.5. The van der Waals surface area contributed by atoms with E-state index in [2.05, 4.69) is 144 Å². The lowest BCUT2D eigenvalue weighted by Crippen LogP contribution is -2.09. The number of benzene rings is 8. The molecule has 51 heavy (non-hydrogen) atoms. The molecule has 0 aliphatic carbocycles. The molecule has 10 rings (SSSR count). The van der Waals surface area contributed by atoms with Crippen LogP contribution >= 0.6 is 0 Å². The van der Waals surface area contributed by atoms with Gasteiger partial charge in [0.25, 0.3) is 0 Å². The van der Waals surface area contributed by atoms with Gasteiger partial charge in [-0.1, -0.05) is 109 Å². The lowest BCUT2D eigenvalue weighted by Gasteiger charge is -2.26. The molecule has 0 radical (unpaired) electrons. The summed E-state index contributed by atoms with van der Waals surface area (Å²) < 4.78 is 12.5. The van der Waals surface area contributed by atoms with Crippen molar-refractivity contribution in [2.45, 2.75) is 0 Å². The van der Waals surface area contributed by atoms with Crippen molar-refractivity contribution in [2.75, 3.05) is 4.90 Å². The van der Waals surface area contributed by atoms with E-state index in [1.54, 1.807) is 0 Å². The van der Waals surface area contributed by atoms with Crippen LogP contribution in [0.2, 0.25) is 0 Å². The third-order valence-corrected chi connectivity index (χ3v) is 9.69. The molecule has 4 nitrogen and oxygen atoms in total. The van der Waals surface area contributed by atoms with Gasteiger partial charge >= 0.3 is 0 Å². The molecule has 2 heterocycles. The summed E-state index contributed by atoms with van der Waals surface area (Å²) in [6, 6.07) is 63.6. The molecule has 0 saturated heterocycles. The number of oxazole rings is 1. The van der Waals surface area contributed by atoms with Gasteiger partial charge in [0.15, 0.2) is 5.58 Å². The Bertz CT molecular complexity index is 2840. The molecule has 0 unspecified atom stereocenters. The second kappa shape index (κ2) is 11.9. The Labute approximate surface area is 294 Å². The molecule has 0 fully saturated rings. The fourth-order valence-corrected chi connectivity index (χ4v) is 7.18. The number of para-hydroxylation sites is 1. The van der Waals surface area contributed by atoms with Gasteiger partial charge in [-0.3, -0.25) is 0 Å².